The van der Waals surface area contributed by atoms with Crippen molar-refractivity contribution in [3.63, 3.8) is 0 Å². The average molecular weight is 510 g/mol. The van der Waals surface area contributed by atoms with Gasteiger partial charge in [0.05, 0.1) is 5.57 Å². The van der Waals surface area contributed by atoms with Crippen molar-refractivity contribution in [1.29, 1.82) is 0 Å². The van der Waals surface area contributed by atoms with Gasteiger partial charge in [0.25, 0.3) is 0 Å². The zero-order valence-corrected chi connectivity index (χ0v) is 21.2. The van der Waals surface area contributed by atoms with Crippen molar-refractivity contribution in [3.05, 3.63) is 75.6 Å². The number of halogens is 1. The number of ketones is 1. The largest absolute Gasteiger partial charge is 0.490 e. The first-order valence-corrected chi connectivity index (χ1v) is 12.3. The molecule has 2 aromatic carbocycles. The van der Waals surface area contributed by atoms with Crippen LogP contribution in [0.15, 0.2) is 65.0 Å². The maximum Gasteiger partial charge on any atom is 0.336 e. The topological polar surface area (TPSA) is 83.1 Å². The summed E-state index contributed by atoms with van der Waals surface area (Å²) in [6.45, 7) is 6.29. The Kier molecular flexibility index (Phi) is 6.43. The molecule has 0 spiro atoms. The molecule has 0 bridgehead atoms. The van der Waals surface area contributed by atoms with E-state index in [1.54, 1.807) is 12.1 Å². The molecule has 7 nitrogen and oxygen atoms in total. The first-order chi connectivity index (χ1) is 17.2. The highest BCUT2D eigenvalue weighted by atomic mass is 35.5. The third-order valence-corrected chi connectivity index (χ3v) is 6.92. The number of hydrogen-bond acceptors (Lipinski definition) is 7. The molecule has 2 heterocycles. The number of nitrogens with one attached hydrogen (secondary N) is 1. The normalized spacial score (nSPS) is 20.1. The van der Waals surface area contributed by atoms with Crippen molar-refractivity contribution in [1.82, 2.24) is 5.32 Å². The fourth-order valence-corrected chi connectivity index (χ4v) is 5.32. The minimum atomic E-state index is -0.686. The van der Waals surface area contributed by atoms with Crippen molar-refractivity contribution in [2.24, 2.45) is 5.41 Å². The van der Waals surface area contributed by atoms with Crippen LogP contribution in [0.5, 0.6) is 17.2 Å². The smallest absolute Gasteiger partial charge is 0.336 e. The number of carbonyl (C=O) groups is 2. The van der Waals surface area contributed by atoms with Crippen LogP contribution in [0.25, 0.3) is 0 Å². The molecule has 1 atom stereocenters. The number of allylic oxidation sites excluding steroid dienone is 3. The van der Waals surface area contributed by atoms with Crippen LogP contribution >= 0.6 is 11.6 Å². The number of carbonyl (C=O) groups excluding carboxylic acids is 2. The fraction of sp³-hybridized carbons (Fsp3) is 0.357. The minimum absolute atomic E-state index is 0.0160. The summed E-state index contributed by atoms with van der Waals surface area (Å²) in [5.41, 5.74) is 2.76. The molecule has 0 saturated heterocycles. The van der Waals surface area contributed by atoms with E-state index in [1.807, 2.05) is 37.3 Å². The SMILES string of the molecule is CC1=C(C(=O)OCCOc2ccccc2)[C@H](c2cc3c(cc2Cl)OCO3)C2=C(CC(C)(C)CC2=O)N1. The zero-order chi connectivity index (χ0) is 25.4. The molecule has 0 aromatic heterocycles. The zero-order valence-electron chi connectivity index (χ0n) is 20.5. The summed E-state index contributed by atoms with van der Waals surface area (Å²) in [7, 11) is 0. The van der Waals surface area contributed by atoms with Gasteiger partial charge in [0, 0.05) is 40.4 Å². The van der Waals surface area contributed by atoms with E-state index in [9.17, 15) is 9.59 Å². The lowest BCUT2D eigenvalue weighted by Crippen LogP contribution is -2.39. The first-order valence-electron chi connectivity index (χ1n) is 11.9. The third kappa shape index (κ3) is 4.67. The van der Waals surface area contributed by atoms with E-state index in [0.717, 1.165) is 5.70 Å². The molecule has 2 aliphatic heterocycles. The summed E-state index contributed by atoms with van der Waals surface area (Å²) >= 11 is 6.70. The molecular formula is C28H28ClNO6. The van der Waals surface area contributed by atoms with E-state index in [-0.39, 0.29) is 31.2 Å². The highest BCUT2D eigenvalue weighted by Crippen LogP contribution is 2.50. The Morgan fingerprint density at radius 2 is 1.83 bits per heavy atom. The van der Waals surface area contributed by atoms with Crippen molar-refractivity contribution in [2.75, 3.05) is 20.0 Å². The number of hydrogen-bond donors (Lipinski definition) is 1. The number of dihydropyridines is 1. The summed E-state index contributed by atoms with van der Waals surface area (Å²) in [5.74, 6) is 0.524. The van der Waals surface area contributed by atoms with E-state index in [2.05, 4.69) is 19.2 Å². The van der Waals surface area contributed by atoms with Crippen LogP contribution in [0.2, 0.25) is 5.02 Å². The Bertz CT molecular complexity index is 1280. The van der Waals surface area contributed by atoms with Crippen molar-refractivity contribution < 1.29 is 28.5 Å². The van der Waals surface area contributed by atoms with Crippen LogP contribution in [0.3, 0.4) is 0 Å². The van der Waals surface area contributed by atoms with Crippen LogP contribution in [-0.2, 0) is 14.3 Å². The Hall–Kier alpha value is -3.45. The summed E-state index contributed by atoms with van der Waals surface area (Å²) in [6.07, 6.45) is 1.05. The van der Waals surface area contributed by atoms with E-state index in [1.165, 1.54) is 0 Å². The number of rotatable bonds is 6. The van der Waals surface area contributed by atoms with Crippen molar-refractivity contribution in [2.45, 2.75) is 39.5 Å². The van der Waals surface area contributed by atoms with Gasteiger partial charge in [-0.2, -0.15) is 0 Å². The van der Waals surface area contributed by atoms with Gasteiger partial charge in [0.15, 0.2) is 17.3 Å². The molecule has 8 heteroatoms. The molecular weight excluding hydrogens is 482 g/mol. The number of Topliss-reactive ketones (excluding diaryl/α,β-unsaturated/α-hetero) is 1. The number of ether oxygens (including phenoxy) is 4. The maximum atomic E-state index is 13.5. The summed E-state index contributed by atoms with van der Waals surface area (Å²) in [5, 5.41) is 3.72. The summed E-state index contributed by atoms with van der Waals surface area (Å²) in [4.78, 5) is 26.9. The first kappa shape index (κ1) is 24.3. The molecule has 0 unspecified atom stereocenters. The van der Waals surface area contributed by atoms with E-state index >= 15 is 0 Å². The van der Waals surface area contributed by atoms with Gasteiger partial charge in [-0.3, -0.25) is 4.79 Å². The van der Waals surface area contributed by atoms with Gasteiger partial charge in [0.2, 0.25) is 6.79 Å². The lowest BCUT2D eigenvalue weighted by Gasteiger charge is -2.39. The maximum absolute atomic E-state index is 13.5. The lowest BCUT2D eigenvalue weighted by atomic mass is 9.68. The Balaban J connectivity index is 1.47. The second kappa shape index (κ2) is 9.54. The number of esters is 1. The molecule has 1 N–H and O–H groups in total. The third-order valence-electron chi connectivity index (χ3n) is 6.59. The summed E-state index contributed by atoms with van der Waals surface area (Å²) in [6, 6.07) is 12.7. The molecule has 3 aliphatic rings. The van der Waals surface area contributed by atoms with Gasteiger partial charge in [-0.1, -0.05) is 43.6 Å². The predicted molar refractivity (Wildman–Crippen MR) is 134 cm³/mol. The Morgan fingerprint density at radius 1 is 1.11 bits per heavy atom. The fourth-order valence-electron chi connectivity index (χ4n) is 5.06. The number of para-hydroxylation sites is 1. The highest BCUT2D eigenvalue weighted by Gasteiger charge is 2.44. The van der Waals surface area contributed by atoms with Crippen molar-refractivity contribution in [3.8, 4) is 17.2 Å². The predicted octanol–water partition coefficient (Wildman–Crippen LogP) is 5.29. The molecule has 5 rings (SSSR count). The van der Waals surface area contributed by atoms with E-state index in [4.69, 9.17) is 30.5 Å². The van der Waals surface area contributed by atoms with E-state index < -0.39 is 11.9 Å². The van der Waals surface area contributed by atoms with Gasteiger partial charge < -0.3 is 24.3 Å². The van der Waals surface area contributed by atoms with Gasteiger partial charge in [0.1, 0.15) is 19.0 Å². The molecule has 0 amide bonds. The molecule has 0 radical (unpaired) electrons. The second-order valence-electron chi connectivity index (χ2n) is 9.95. The van der Waals surface area contributed by atoms with Gasteiger partial charge in [-0.15, -0.1) is 0 Å². The second-order valence-corrected chi connectivity index (χ2v) is 10.4. The molecule has 0 fully saturated rings. The Labute approximate surface area is 215 Å². The van der Waals surface area contributed by atoms with Gasteiger partial charge in [-0.05, 0) is 42.5 Å². The van der Waals surface area contributed by atoms with Crippen LogP contribution in [0.4, 0.5) is 0 Å². The van der Waals surface area contributed by atoms with Gasteiger partial charge in [-0.25, -0.2) is 4.79 Å². The van der Waals surface area contributed by atoms with Gasteiger partial charge >= 0.3 is 5.97 Å². The van der Waals surface area contributed by atoms with Crippen LogP contribution in [0, 0.1) is 5.41 Å². The van der Waals surface area contributed by atoms with Crippen molar-refractivity contribution >= 4 is 23.4 Å². The Morgan fingerprint density at radius 3 is 2.58 bits per heavy atom. The average Bonchev–Trinajstić information content (AvgIpc) is 3.27. The standard InChI is InChI=1S/C28H28ClNO6/c1-16-24(27(32)34-10-9-33-17-7-5-4-6-8-17)25(18-11-22-23(12-19(18)29)36-15-35-22)26-20(30-16)13-28(2,3)14-21(26)31/h4-8,11-12,25,30H,9-10,13-15H2,1-3H3/t25-/m0/s1. The number of fused-ring (bicyclic) bond motifs is 1. The quantitative estimate of drug-likeness (QED) is 0.418. The van der Waals surface area contributed by atoms with E-state index in [0.29, 0.717) is 57.5 Å². The highest BCUT2D eigenvalue weighted by molar-refractivity contribution is 6.32. The monoisotopic (exact) mass is 509 g/mol. The number of benzene rings is 2. The molecule has 2 aromatic rings. The van der Waals surface area contributed by atoms with Crippen LogP contribution in [0.1, 0.15) is 45.1 Å². The lowest BCUT2D eigenvalue weighted by molar-refractivity contribution is -0.140. The minimum Gasteiger partial charge on any atom is -0.490 e. The molecule has 188 valence electrons. The van der Waals surface area contributed by atoms with Crippen LogP contribution < -0.4 is 19.5 Å². The van der Waals surface area contributed by atoms with Crippen LogP contribution in [-0.4, -0.2) is 31.8 Å². The molecule has 36 heavy (non-hydrogen) atoms. The molecule has 1 aliphatic carbocycles. The summed E-state index contributed by atoms with van der Waals surface area (Å²) < 4.78 is 22.3. The molecule has 0 saturated carbocycles.